The summed E-state index contributed by atoms with van der Waals surface area (Å²) in [5.41, 5.74) is 12.5. The van der Waals surface area contributed by atoms with Crippen molar-refractivity contribution in [3.05, 3.63) is 52.8 Å². The van der Waals surface area contributed by atoms with Gasteiger partial charge < -0.3 is 16.8 Å². The Labute approximate surface area is 114 Å². The molecule has 19 heavy (non-hydrogen) atoms. The maximum Gasteiger partial charge on any atom is 0.255 e. The zero-order valence-electron chi connectivity index (χ0n) is 9.78. The van der Waals surface area contributed by atoms with E-state index in [1.807, 2.05) is 0 Å². The molecule has 0 heterocycles. The molecule has 98 valence electrons. The van der Waals surface area contributed by atoms with E-state index in [1.165, 1.54) is 30.3 Å². The first kappa shape index (κ1) is 13.2. The van der Waals surface area contributed by atoms with Crippen LogP contribution in [0, 0.1) is 5.82 Å². The molecule has 4 nitrogen and oxygen atoms in total. The van der Waals surface area contributed by atoms with Crippen molar-refractivity contribution in [2.75, 3.05) is 16.8 Å². The Morgan fingerprint density at radius 1 is 1.05 bits per heavy atom. The zero-order chi connectivity index (χ0) is 14.0. The molecule has 0 saturated heterocycles. The Morgan fingerprint density at radius 2 is 1.68 bits per heavy atom. The summed E-state index contributed by atoms with van der Waals surface area (Å²) < 4.78 is 13.1. The molecule has 0 aromatic heterocycles. The predicted molar refractivity (Wildman–Crippen MR) is 74.6 cm³/mol. The second-order valence-electron chi connectivity index (χ2n) is 4.00. The van der Waals surface area contributed by atoms with E-state index < -0.39 is 11.7 Å². The lowest BCUT2D eigenvalue weighted by atomic mass is 10.1. The molecule has 2 rings (SSSR count). The fourth-order valence-corrected chi connectivity index (χ4v) is 1.86. The summed E-state index contributed by atoms with van der Waals surface area (Å²) >= 11 is 5.70. The van der Waals surface area contributed by atoms with E-state index in [0.29, 0.717) is 11.4 Å². The van der Waals surface area contributed by atoms with E-state index >= 15 is 0 Å². The lowest BCUT2D eigenvalue weighted by Gasteiger charge is -2.07. The van der Waals surface area contributed by atoms with Crippen LogP contribution in [-0.2, 0) is 0 Å². The third-order valence-electron chi connectivity index (χ3n) is 2.36. The maximum absolute atomic E-state index is 13.1. The number of carbonyl (C=O) groups excluding carboxylic acids is 1. The number of halogens is 2. The van der Waals surface area contributed by atoms with Crippen LogP contribution in [0.4, 0.5) is 21.5 Å². The van der Waals surface area contributed by atoms with Gasteiger partial charge in [-0.15, -0.1) is 0 Å². The Morgan fingerprint density at radius 3 is 2.26 bits per heavy atom. The fraction of sp³-hybridized carbons (Fsp3) is 0. The first-order valence-electron chi connectivity index (χ1n) is 5.37. The third kappa shape index (κ3) is 3.35. The SMILES string of the molecule is Nc1cc(N)cc(C(=O)Nc2cc(F)cc(Cl)c2)c1. The highest BCUT2D eigenvalue weighted by molar-refractivity contribution is 6.31. The van der Waals surface area contributed by atoms with Crippen LogP contribution in [0.1, 0.15) is 10.4 Å². The number of nitrogen functional groups attached to an aromatic ring is 2. The average Bonchev–Trinajstić information content (AvgIpc) is 2.25. The van der Waals surface area contributed by atoms with E-state index in [1.54, 1.807) is 0 Å². The minimum Gasteiger partial charge on any atom is -0.399 e. The Kier molecular flexibility index (Phi) is 3.57. The van der Waals surface area contributed by atoms with Crippen LogP contribution in [0.3, 0.4) is 0 Å². The van der Waals surface area contributed by atoms with Crippen LogP contribution in [0.25, 0.3) is 0 Å². The van der Waals surface area contributed by atoms with Gasteiger partial charge >= 0.3 is 0 Å². The van der Waals surface area contributed by atoms with Crippen LogP contribution < -0.4 is 16.8 Å². The van der Waals surface area contributed by atoms with Gasteiger partial charge in [0.2, 0.25) is 0 Å². The van der Waals surface area contributed by atoms with Gasteiger partial charge in [0.15, 0.2) is 0 Å². The molecule has 0 unspecified atom stereocenters. The topological polar surface area (TPSA) is 81.1 Å². The molecule has 0 fully saturated rings. The standard InChI is InChI=1S/C13H11ClFN3O/c14-8-3-9(15)5-12(4-8)18-13(19)7-1-10(16)6-11(17)2-7/h1-6H,16-17H2,(H,18,19). The number of anilines is 3. The molecule has 0 spiro atoms. The molecule has 2 aromatic rings. The van der Waals surface area contributed by atoms with E-state index in [2.05, 4.69) is 5.32 Å². The van der Waals surface area contributed by atoms with Gasteiger partial charge in [0, 0.05) is 27.6 Å². The second kappa shape index (κ2) is 5.16. The molecule has 0 aliphatic carbocycles. The molecule has 1 amide bonds. The zero-order valence-corrected chi connectivity index (χ0v) is 10.5. The number of nitrogens with two attached hydrogens (primary N) is 2. The molecular formula is C13H11ClFN3O. The summed E-state index contributed by atoms with van der Waals surface area (Å²) in [5.74, 6) is -0.976. The highest BCUT2D eigenvalue weighted by Gasteiger charge is 2.09. The molecule has 0 saturated carbocycles. The smallest absolute Gasteiger partial charge is 0.255 e. The van der Waals surface area contributed by atoms with Crippen molar-refractivity contribution < 1.29 is 9.18 Å². The van der Waals surface area contributed by atoms with Gasteiger partial charge in [-0.05, 0) is 36.4 Å². The van der Waals surface area contributed by atoms with Gasteiger partial charge in [0.1, 0.15) is 5.82 Å². The number of hydrogen-bond donors (Lipinski definition) is 3. The van der Waals surface area contributed by atoms with Gasteiger partial charge in [-0.25, -0.2) is 4.39 Å². The van der Waals surface area contributed by atoms with Crippen molar-refractivity contribution in [3.63, 3.8) is 0 Å². The van der Waals surface area contributed by atoms with Crippen molar-refractivity contribution in [2.24, 2.45) is 0 Å². The van der Waals surface area contributed by atoms with E-state index in [0.717, 1.165) is 6.07 Å². The van der Waals surface area contributed by atoms with Crippen LogP contribution in [-0.4, -0.2) is 5.91 Å². The number of nitrogens with one attached hydrogen (secondary N) is 1. The number of carbonyl (C=O) groups is 1. The van der Waals surface area contributed by atoms with Gasteiger partial charge in [-0.1, -0.05) is 11.6 Å². The van der Waals surface area contributed by atoms with E-state index in [4.69, 9.17) is 23.1 Å². The summed E-state index contributed by atoms with van der Waals surface area (Å²) in [6, 6.07) is 8.25. The molecule has 0 aliphatic rings. The average molecular weight is 280 g/mol. The molecule has 0 radical (unpaired) electrons. The first-order chi connectivity index (χ1) is 8.94. The third-order valence-corrected chi connectivity index (χ3v) is 2.58. The van der Waals surface area contributed by atoms with Gasteiger partial charge in [0.25, 0.3) is 5.91 Å². The summed E-state index contributed by atoms with van der Waals surface area (Å²) in [5, 5.41) is 2.72. The van der Waals surface area contributed by atoms with Crippen molar-refractivity contribution in [1.82, 2.24) is 0 Å². The molecule has 5 N–H and O–H groups in total. The van der Waals surface area contributed by atoms with Gasteiger partial charge in [-0.2, -0.15) is 0 Å². The minimum absolute atomic E-state index is 0.197. The van der Waals surface area contributed by atoms with Crippen molar-refractivity contribution in [3.8, 4) is 0 Å². The summed E-state index contributed by atoms with van der Waals surface area (Å²) in [6.07, 6.45) is 0. The van der Waals surface area contributed by atoms with Crippen LogP contribution in [0.15, 0.2) is 36.4 Å². The van der Waals surface area contributed by atoms with Crippen LogP contribution in [0.2, 0.25) is 5.02 Å². The molecule has 0 bridgehead atoms. The summed E-state index contributed by atoms with van der Waals surface area (Å²) in [6.45, 7) is 0. The first-order valence-corrected chi connectivity index (χ1v) is 5.75. The quantitative estimate of drug-likeness (QED) is 0.739. The number of rotatable bonds is 2. The predicted octanol–water partition coefficient (Wildman–Crippen LogP) is 2.90. The normalized spacial score (nSPS) is 10.2. The summed E-state index contributed by atoms with van der Waals surface area (Å²) in [7, 11) is 0. The largest absolute Gasteiger partial charge is 0.399 e. The minimum atomic E-state index is -0.533. The molecule has 0 aliphatic heterocycles. The Hall–Kier alpha value is -2.27. The van der Waals surface area contributed by atoms with Gasteiger partial charge in [0.05, 0.1) is 0 Å². The number of hydrogen-bond acceptors (Lipinski definition) is 3. The summed E-state index contributed by atoms with van der Waals surface area (Å²) in [4.78, 5) is 12.0. The highest BCUT2D eigenvalue weighted by Crippen LogP contribution is 2.20. The molecule has 6 heteroatoms. The van der Waals surface area contributed by atoms with Crippen LogP contribution >= 0.6 is 11.6 Å². The lowest BCUT2D eigenvalue weighted by Crippen LogP contribution is -2.12. The fourth-order valence-electron chi connectivity index (χ4n) is 1.64. The van der Waals surface area contributed by atoms with Crippen LogP contribution in [0.5, 0.6) is 0 Å². The Balaban J connectivity index is 2.25. The van der Waals surface area contributed by atoms with Gasteiger partial charge in [-0.3, -0.25) is 4.79 Å². The maximum atomic E-state index is 13.1. The van der Waals surface area contributed by atoms with E-state index in [9.17, 15) is 9.18 Å². The van der Waals surface area contributed by atoms with Crippen molar-refractivity contribution in [1.29, 1.82) is 0 Å². The molecule has 2 aromatic carbocycles. The number of amides is 1. The van der Waals surface area contributed by atoms with E-state index in [-0.39, 0.29) is 16.3 Å². The monoisotopic (exact) mass is 279 g/mol. The highest BCUT2D eigenvalue weighted by atomic mass is 35.5. The molecular weight excluding hydrogens is 269 g/mol. The van der Waals surface area contributed by atoms with Crippen molar-refractivity contribution in [2.45, 2.75) is 0 Å². The Bertz CT molecular complexity index is 605. The lowest BCUT2D eigenvalue weighted by molar-refractivity contribution is 0.102. The number of benzene rings is 2. The second-order valence-corrected chi connectivity index (χ2v) is 4.44. The molecule has 0 atom stereocenters. The van der Waals surface area contributed by atoms with Crippen molar-refractivity contribution >= 4 is 34.6 Å².